The van der Waals surface area contributed by atoms with E-state index in [0.29, 0.717) is 11.7 Å². The Morgan fingerprint density at radius 2 is 1.95 bits per heavy atom. The number of hydrogen-bond acceptors (Lipinski definition) is 4. The van der Waals surface area contributed by atoms with Gasteiger partial charge in [0.25, 0.3) is 0 Å². The Morgan fingerprint density at radius 3 is 2.55 bits per heavy atom. The maximum atomic E-state index is 11.6. The van der Waals surface area contributed by atoms with Gasteiger partial charge in [-0.2, -0.15) is 0 Å². The summed E-state index contributed by atoms with van der Waals surface area (Å²) in [5, 5.41) is 7.90. The first kappa shape index (κ1) is 14.5. The van der Waals surface area contributed by atoms with E-state index in [2.05, 4.69) is 32.7 Å². The molecule has 2 aromatic rings. The van der Waals surface area contributed by atoms with Gasteiger partial charge in [-0.3, -0.25) is 5.32 Å². The molecule has 0 atom stereocenters. The molecule has 2 rings (SSSR count). The van der Waals surface area contributed by atoms with Crippen LogP contribution in [0.25, 0.3) is 0 Å². The van der Waals surface area contributed by atoms with Gasteiger partial charge in [-0.15, -0.1) is 11.3 Å². The van der Waals surface area contributed by atoms with Gasteiger partial charge in [0.15, 0.2) is 5.13 Å². The number of urea groups is 1. The molecular weight excluding hydrogens is 272 g/mol. The first-order chi connectivity index (χ1) is 9.63. The zero-order valence-corrected chi connectivity index (χ0v) is 12.4. The van der Waals surface area contributed by atoms with Crippen molar-refractivity contribution in [3.05, 3.63) is 47.0 Å². The van der Waals surface area contributed by atoms with Crippen molar-refractivity contribution < 1.29 is 4.79 Å². The molecule has 0 fully saturated rings. The molecule has 106 valence electrons. The van der Waals surface area contributed by atoms with Crippen LogP contribution in [0.15, 0.2) is 35.8 Å². The van der Waals surface area contributed by atoms with Crippen LogP contribution < -0.4 is 10.6 Å². The Hall–Kier alpha value is -1.92. The number of carbonyl (C=O) groups excluding carboxylic acids is 1. The Bertz CT molecular complexity index is 537. The Balaban J connectivity index is 1.80. The molecule has 0 spiro atoms. The van der Waals surface area contributed by atoms with Crippen LogP contribution >= 0.6 is 11.3 Å². The minimum atomic E-state index is -0.239. The monoisotopic (exact) mass is 290 g/mol. The number of amides is 2. The molecule has 5 nitrogen and oxygen atoms in total. The second kappa shape index (κ2) is 7.02. The molecule has 0 aliphatic heterocycles. The predicted molar refractivity (Wildman–Crippen MR) is 81.8 cm³/mol. The van der Waals surface area contributed by atoms with Crippen molar-refractivity contribution in [2.45, 2.75) is 13.1 Å². The molecule has 0 aliphatic carbocycles. The second-order valence-electron chi connectivity index (χ2n) is 4.70. The average molecular weight is 290 g/mol. The zero-order valence-electron chi connectivity index (χ0n) is 11.6. The van der Waals surface area contributed by atoms with Gasteiger partial charge in [0, 0.05) is 24.7 Å². The first-order valence-electron chi connectivity index (χ1n) is 6.30. The molecule has 2 amide bonds. The summed E-state index contributed by atoms with van der Waals surface area (Å²) in [6.07, 6.45) is 1.66. The molecule has 0 aliphatic rings. The summed E-state index contributed by atoms with van der Waals surface area (Å²) in [5.74, 6) is 0. The van der Waals surface area contributed by atoms with Crippen LogP contribution in [0.2, 0.25) is 0 Å². The highest BCUT2D eigenvalue weighted by Gasteiger charge is 2.03. The molecule has 0 unspecified atom stereocenters. The molecule has 0 saturated heterocycles. The molecule has 1 aromatic heterocycles. The summed E-state index contributed by atoms with van der Waals surface area (Å²) in [7, 11) is 4.08. The molecule has 1 aromatic carbocycles. The van der Waals surface area contributed by atoms with Crippen molar-refractivity contribution in [1.82, 2.24) is 15.2 Å². The maximum absolute atomic E-state index is 11.6. The third-order valence-electron chi connectivity index (χ3n) is 2.63. The summed E-state index contributed by atoms with van der Waals surface area (Å²) in [6, 6.07) is 7.98. The van der Waals surface area contributed by atoms with Crippen molar-refractivity contribution in [2.24, 2.45) is 0 Å². The number of anilines is 1. The first-order valence-corrected chi connectivity index (χ1v) is 7.18. The van der Waals surface area contributed by atoms with Gasteiger partial charge >= 0.3 is 6.03 Å². The Kier molecular flexibility index (Phi) is 5.09. The highest BCUT2D eigenvalue weighted by molar-refractivity contribution is 7.13. The molecule has 6 heteroatoms. The fourth-order valence-electron chi connectivity index (χ4n) is 1.74. The summed E-state index contributed by atoms with van der Waals surface area (Å²) in [6.45, 7) is 1.41. The summed E-state index contributed by atoms with van der Waals surface area (Å²) < 4.78 is 0. The summed E-state index contributed by atoms with van der Waals surface area (Å²) >= 11 is 1.39. The molecule has 2 N–H and O–H groups in total. The van der Waals surface area contributed by atoms with E-state index < -0.39 is 0 Å². The van der Waals surface area contributed by atoms with E-state index in [-0.39, 0.29) is 6.03 Å². The maximum Gasteiger partial charge on any atom is 0.321 e. The third-order valence-corrected chi connectivity index (χ3v) is 3.32. The lowest BCUT2D eigenvalue weighted by Crippen LogP contribution is -2.28. The minimum absolute atomic E-state index is 0.239. The van der Waals surface area contributed by atoms with E-state index in [9.17, 15) is 4.79 Å². The van der Waals surface area contributed by atoms with Gasteiger partial charge in [0.1, 0.15) is 0 Å². The molecule has 20 heavy (non-hydrogen) atoms. The topological polar surface area (TPSA) is 57.3 Å². The number of hydrogen-bond donors (Lipinski definition) is 2. The molecular formula is C14H18N4OS. The van der Waals surface area contributed by atoms with Gasteiger partial charge < -0.3 is 10.2 Å². The molecule has 0 radical (unpaired) electrons. The number of carbonyl (C=O) groups is 1. The van der Waals surface area contributed by atoms with E-state index in [1.54, 1.807) is 6.20 Å². The molecule has 0 bridgehead atoms. The quantitative estimate of drug-likeness (QED) is 0.889. The largest absolute Gasteiger partial charge is 0.334 e. The highest BCUT2D eigenvalue weighted by Crippen LogP contribution is 2.10. The van der Waals surface area contributed by atoms with Crippen LogP contribution in [0.4, 0.5) is 9.93 Å². The molecule has 1 heterocycles. The van der Waals surface area contributed by atoms with Crippen LogP contribution in [0.5, 0.6) is 0 Å². The van der Waals surface area contributed by atoms with Crippen LogP contribution in [0.1, 0.15) is 11.1 Å². The summed E-state index contributed by atoms with van der Waals surface area (Å²) in [4.78, 5) is 17.7. The second-order valence-corrected chi connectivity index (χ2v) is 5.59. The lowest BCUT2D eigenvalue weighted by Gasteiger charge is -2.10. The highest BCUT2D eigenvalue weighted by atomic mass is 32.1. The van der Waals surface area contributed by atoms with Crippen LogP contribution in [-0.2, 0) is 13.1 Å². The van der Waals surface area contributed by atoms with Gasteiger partial charge in [0.05, 0.1) is 0 Å². The number of rotatable bonds is 5. The Labute approximate surface area is 122 Å². The van der Waals surface area contributed by atoms with Gasteiger partial charge in [-0.05, 0) is 25.2 Å². The van der Waals surface area contributed by atoms with Gasteiger partial charge in [-0.25, -0.2) is 9.78 Å². The van der Waals surface area contributed by atoms with Crippen molar-refractivity contribution in [2.75, 3.05) is 19.4 Å². The predicted octanol–water partition coefficient (Wildman–Crippen LogP) is 2.53. The van der Waals surface area contributed by atoms with Crippen molar-refractivity contribution >= 4 is 22.5 Å². The smallest absolute Gasteiger partial charge is 0.321 e. The van der Waals surface area contributed by atoms with Crippen molar-refractivity contribution in [1.29, 1.82) is 0 Å². The van der Waals surface area contributed by atoms with E-state index >= 15 is 0 Å². The fourth-order valence-corrected chi connectivity index (χ4v) is 2.26. The number of benzene rings is 1. The fraction of sp³-hybridized carbons (Fsp3) is 0.286. The Morgan fingerprint density at radius 1 is 1.25 bits per heavy atom. The minimum Gasteiger partial charge on any atom is -0.334 e. The van der Waals surface area contributed by atoms with E-state index in [1.807, 2.05) is 31.6 Å². The van der Waals surface area contributed by atoms with E-state index in [0.717, 1.165) is 12.1 Å². The van der Waals surface area contributed by atoms with Gasteiger partial charge in [-0.1, -0.05) is 24.3 Å². The lowest BCUT2D eigenvalue weighted by molar-refractivity contribution is 0.251. The van der Waals surface area contributed by atoms with Crippen molar-refractivity contribution in [3.63, 3.8) is 0 Å². The van der Waals surface area contributed by atoms with Gasteiger partial charge in [0.2, 0.25) is 0 Å². The standard InChI is InChI=1S/C14H18N4OS/c1-18(2)10-12-5-3-11(4-6-12)9-16-13(19)17-14-15-7-8-20-14/h3-8H,9-10H2,1-2H3,(H2,15,16,17,19). The zero-order chi connectivity index (χ0) is 14.4. The van der Waals surface area contributed by atoms with Crippen LogP contribution in [0, 0.1) is 0 Å². The lowest BCUT2D eigenvalue weighted by atomic mass is 10.1. The number of aromatic nitrogens is 1. The summed E-state index contributed by atoms with van der Waals surface area (Å²) in [5.41, 5.74) is 2.33. The van der Waals surface area contributed by atoms with Crippen LogP contribution in [-0.4, -0.2) is 30.0 Å². The third kappa shape index (κ3) is 4.64. The number of nitrogens with one attached hydrogen (secondary N) is 2. The average Bonchev–Trinajstić information content (AvgIpc) is 2.90. The van der Waals surface area contributed by atoms with Crippen LogP contribution in [0.3, 0.4) is 0 Å². The number of thiazole rings is 1. The molecule has 0 saturated carbocycles. The van der Waals surface area contributed by atoms with Crippen molar-refractivity contribution in [3.8, 4) is 0 Å². The van der Waals surface area contributed by atoms with E-state index in [1.165, 1.54) is 16.9 Å². The number of nitrogens with zero attached hydrogens (tertiary/aromatic N) is 2. The normalized spacial score (nSPS) is 10.6. The SMILES string of the molecule is CN(C)Cc1ccc(CNC(=O)Nc2nccs2)cc1. The van der Waals surface area contributed by atoms with E-state index in [4.69, 9.17) is 0 Å².